The van der Waals surface area contributed by atoms with E-state index in [0.717, 1.165) is 0 Å². The summed E-state index contributed by atoms with van der Waals surface area (Å²) < 4.78 is 53.8. The summed E-state index contributed by atoms with van der Waals surface area (Å²) >= 11 is 0. The molecule has 0 aliphatic carbocycles. The third kappa shape index (κ3) is 1.34. The Morgan fingerprint density at radius 3 is 1.75 bits per heavy atom. The number of rotatable bonds is 0. The molecule has 0 saturated carbocycles. The topological polar surface area (TPSA) is 52.6 Å². The fraction of sp³-hybridized carbons (Fsp3) is 0.333. The second kappa shape index (κ2) is 2.29. The molecule has 0 bridgehead atoms. The molecule has 0 unspecified atom stereocenters. The molecule has 0 atom stereocenters. The molecule has 9 heteroatoms. The molecular weight excluding hydrogens is 207 g/mol. The van der Waals surface area contributed by atoms with Crippen LogP contribution in [0.4, 0.5) is 17.2 Å². The maximum absolute atomic E-state index is 12.1. The van der Waals surface area contributed by atoms with Crippen molar-refractivity contribution < 1.29 is 35.8 Å². The van der Waals surface area contributed by atoms with Gasteiger partial charge in [-0.1, -0.05) is 0 Å². The van der Waals surface area contributed by atoms with Gasteiger partial charge < -0.3 is 0 Å². The Kier molecular flexibility index (Phi) is 1.75. The van der Waals surface area contributed by atoms with Crippen LogP contribution in [0.25, 0.3) is 0 Å². The number of alkyl halides is 2. The molecule has 0 aromatic heterocycles. The molecule has 1 saturated heterocycles. The van der Waals surface area contributed by atoms with Gasteiger partial charge in [0.25, 0.3) is 0 Å². The predicted molar refractivity (Wildman–Crippen MR) is 26.3 cm³/mol. The van der Waals surface area contributed by atoms with Crippen LogP contribution < -0.4 is 0 Å². The molecule has 0 aromatic carbocycles. The van der Waals surface area contributed by atoms with Gasteiger partial charge in [0.2, 0.25) is 0 Å². The highest BCUT2D eigenvalue weighted by Crippen LogP contribution is 2.67. The SMILES string of the molecule is O=C1O[P+](F)(F)OC(=O)C1(F)F. The van der Waals surface area contributed by atoms with Crippen LogP contribution in [0.3, 0.4) is 0 Å². The zero-order valence-corrected chi connectivity index (χ0v) is 5.99. The maximum atomic E-state index is 12.1. The van der Waals surface area contributed by atoms with Crippen molar-refractivity contribution in [2.24, 2.45) is 0 Å². The lowest BCUT2D eigenvalue weighted by atomic mass is 10.3. The third-order valence-electron chi connectivity index (χ3n) is 0.891. The molecule has 1 heterocycles. The van der Waals surface area contributed by atoms with E-state index in [1.165, 1.54) is 0 Å². The first-order valence-corrected chi connectivity index (χ1v) is 3.80. The molecule has 0 aromatic rings. The molecule has 0 amide bonds. The second-order valence-electron chi connectivity index (χ2n) is 1.75. The van der Waals surface area contributed by atoms with Gasteiger partial charge in [0.1, 0.15) is 0 Å². The molecule has 0 N–H and O–H groups in total. The number of carbonyl (C=O) groups is 2. The van der Waals surface area contributed by atoms with Crippen molar-refractivity contribution in [3.8, 4) is 0 Å². The molecule has 1 rings (SSSR count). The minimum Gasteiger partial charge on any atom is -0.239 e. The predicted octanol–water partition coefficient (Wildman–Crippen LogP) is 1.34. The van der Waals surface area contributed by atoms with Gasteiger partial charge in [0.15, 0.2) is 0 Å². The lowest BCUT2D eigenvalue weighted by molar-refractivity contribution is -0.187. The van der Waals surface area contributed by atoms with Crippen molar-refractivity contribution in [3.05, 3.63) is 0 Å². The van der Waals surface area contributed by atoms with E-state index in [4.69, 9.17) is 0 Å². The van der Waals surface area contributed by atoms with E-state index >= 15 is 0 Å². The number of halogens is 4. The Labute approximate surface area is 63.2 Å². The monoisotopic (exact) mass is 207 g/mol. The maximum Gasteiger partial charge on any atom is 0.767 e. The van der Waals surface area contributed by atoms with Crippen LogP contribution in [0.15, 0.2) is 0 Å². The zero-order valence-electron chi connectivity index (χ0n) is 5.09. The van der Waals surface area contributed by atoms with Crippen molar-refractivity contribution in [2.75, 3.05) is 0 Å². The fourth-order valence-corrected chi connectivity index (χ4v) is 1.06. The van der Waals surface area contributed by atoms with Crippen molar-refractivity contribution in [3.63, 3.8) is 0 Å². The van der Waals surface area contributed by atoms with Gasteiger partial charge in [-0.05, 0) is 0 Å². The van der Waals surface area contributed by atoms with Gasteiger partial charge in [-0.15, -0.1) is 0 Å². The highest BCUT2D eigenvalue weighted by molar-refractivity contribution is 7.56. The van der Waals surface area contributed by atoms with Crippen LogP contribution in [-0.2, 0) is 18.6 Å². The van der Waals surface area contributed by atoms with Crippen LogP contribution in [0.1, 0.15) is 0 Å². The standard InChI is InChI=1S/C3F4O4P/c4-3(5)1(8)10-12(6,7)11-2(3)9/q+1. The summed E-state index contributed by atoms with van der Waals surface area (Å²) in [5, 5.41) is 0. The van der Waals surface area contributed by atoms with Gasteiger partial charge in [-0.2, -0.15) is 8.78 Å². The summed E-state index contributed by atoms with van der Waals surface area (Å²) in [5.41, 5.74) is 0. The Morgan fingerprint density at radius 2 is 1.42 bits per heavy atom. The molecule has 68 valence electrons. The summed E-state index contributed by atoms with van der Waals surface area (Å²) in [6, 6.07) is 0. The van der Waals surface area contributed by atoms with Gasteiger partial charge in [-0.25, -0.2) is 18.6 Å². The Hall–Kier alpha value is -0.910. The third-order valence-corrected chi connectivity index (χ3v) is 1.65. The van der Waals surface area contributed by atoms with Crippen molar-refractivity contribution in [1.82, 2.24) is 0 Å². The number of carbonyl (C=O) groups excluding carboxylic acids is 2. The van der Waals surface area contributed by atoms with Crippen LogP contribution in [0, 0.1) is 0 Å². The first-order valence-electron chi connectivity index (χ1n) is 2.40. The lowest BCUT2D eigenvalue weighted by Gasteiger charge is -2.14. The van der Waals surface area contributed by atoms with E-state index in [1.54, 1.807) is 0 Å². The number of hydrogen-bond donors (Lipinski definition) is 0. The summed E-state index contributed by atoms with van der Waals surface area (Å²) in [5.74, 6) is -9.77. The molecule has 1 aliphatic rings. The van der Waals surface area contributed by atoms with Crippen LogP contribution in [0.5, 0.6) is 0 Å². The lowest BCUT2D eigenvalue weighted by Crippen LogP contribution is -2.43. The Balaban J connectivity index is 2.93. The summed E-state index contributed by atoms with van der Waals surface area (Å²) in [6.45, 7) is 0. The normalized spacial score (nSPS) is 26.0. The Morgan fingerprint density at radius 1 is 1.08 bits per heavy atom. The molecule has 0 radical (unpaired) electrons. The fourth-order valence-electron chi connectivity index (χ4n) is 0.410. The van der Waals surface area contributed by atoms with E-state index in [-0.39, 0.29) is 0 Å². The van der Waals surface area contributed by atoms with E-state index in [2.05, 4.69) is 9.05 Å². The molecule has 1 aliphatic heterocycles. The Bertz CT molecular complexity index is 229. The smallest absolute Gasteiger partial charge is 0.239 e. The highest BCUT2D eigenvalue weighted by atomic mass is 31.3. The highest BCUT2D eigenvalue weighted by Gasteiger charge is 2.71. The quantitative estimate of drug-likeness (QED) is 0.341. The minimum atomic E-state index is -5.71. The van der Waals surface area contributed by atoms with Crippen molar-refractivity contribution in [2.45, 2.75) is 5.92 Å². The van der Waals surface area contributed by atoms with E-state index in [1.807, 2.05) is 0 Å². The van der Waals surface area contributed by atoms with Crippen molar-refractivity contribution >= 4 is 20.3 Å². The second-order valence-corrected chi connectivity index (χ2v) is 2.94. The van der Waals surface area contributed by atoms with Crippen LogP contribution in [-0.4, -0.2) is 17.9 Å². The first kappa shape index (κ1) is 9.18. The van der Waals surface area contributed by atoms with Gasteiger partial charge in [-0.3, -0.25) is 0 Å². The molecular formula is C3F4O4P+. The molecule has 12 heavy (non-hydrogen) atoms. The summed E-state index contributed by atoms with van der Waals surface area (Å²) in [6.07, 6.45) is 0. The van der Waals surface area contributed by atoms with Crippen LogP contribution in [0.2, 0.25) is 0 Å². The number of hydrogen-bond acceptors (Lipinski definition) is 4. The molecule has 0 spiro atoms. The van der Waals surface area contributed by atoms with E-state index < -0.39 is 26.2 Å². The van der Waals surface area contributed by atoms with E-state index in [9.17, 15) is 26.8 Å². The van der Waals surface area contributed by atoms with Gasteiger partial charge in [0, 0.05) is 0 Å². The zero-order chi connectivity index (χ0) is 9.57. The average Bonchev–Trinajstić information content (AvgIpc) is 1.82. The largest absolute Gasteiger partial charge is 0.767 e. The first-order chi connectivity index (χ1) is 5.26. The molecule has 4 nitrogen and oxygen atoms in total. The minimum absolute atomic E-state index is 2.57. The van der Waals surface area contributed by atoms with Gasteiger partial charge in [0.05, 0.1) is 8.39 Å². The van der Waals surface area contributed by atoms with Crippen molar-refractivity contribution in [1.29, 1.82) is 0 Å². The average molecular weight is 207 g/mol. The summed E-state index contributed by atoms with van der Waals surface area (Å²) in [7, 11) is -5.71. The van der Waals surface area contributed by atoms with Crippen LogP contribution >= 0.6 is 8.34 Å². The summed E-state index contributed by atoms with van der Waals surface area (Å²) in [4.78, 5) is 20.0. The van der Waals surface area contributed by atoms with Gasteiger partial charge >= 0.3 is 26.2 Å². The van der Waals surface area contributed by atoms with E-state index in [0.29, 0.717) is 0 Å². The molecule has 1 fully saturated rings.